The van der Waals surface area contributed by atoms with Crippen LogP contribution < -0.4 is 11.5 Å². The molecule has 4 N–H and O–H groups in total. The van der Waals surface area contributed by atoms with Crippen LogP contribution in [-0.2, 0) is 5.66 Å². The van der Waals surface area contributed by atoms with Crippen molar-refractivity contribution >= 4 is 33.7 Å². The summed E-state index contributed by atoms with van der Waals surface area (Å²) >= 11 is 7.88. The highest BCUT2D eigenvalue weighted by Gasteiger charge is 2.44. The van der Waals surface area contributed by atoms with Gasteiger partial charge in [-0.25, -0.2) is 10.0 Å². The number of benzene rings is 1. The zero-order valence-electron chi connectivity index (χ0n) is 13.6. The minimum atomic E-state index is -0.841. The molecule has 1 fully saturated rings. The molecule has 0 saturated carbocycles. The van der Waals surface area contributed by atoms with E-state index in [-0.39, 0.29) is 5.41 Å². The Morgan fingerprint density at radius 1 is 1.29 bits per heavy atom. The Kier molecular flexibility index (Phi) is 3.80. The molecule has 24 heavy (non-hydrogen) atoms. The zero-order valence-corrected chi connectivity index (χ0v) is 15.1. The van der Waals surface area contributed by atoms with Gasteiger partial charge in [0.15, 0.2) is 16.0 Å². The second kappa shape index (κ2) is 5.62. The van der Waals surface area contributed by atoms with E-state index in [0.717, 1.165) is 35.4 Å². The van der Waals surface area contributed by atoms with Crippen LogP contribution in [0.5, 0.6) is 0 Å². The van der Waals surface area contributed by atoms with Gasteiger partial charge in [-0.1, -0.05) is 36.7 Å². The number of fused-ring (bicyclic) bond motifs is 1. The average molecular weight is 365 g/mol. The molecule has 128 valence electrons. The van der Waals surface area contributed by atoms with Crippen LogP contribution in [-0.4, -0.2) is 46.4 Å². The van der Waals surface area contributed by atoms with Crippen LogP contribution >= 0.6 is 23.4 Å². The highest BCUT2D eigenvalue weighted by Crippen LogP contribution is 2.39. The molecule has 0 radical (unpaired) electrons. The molecule has 1 saturated heterocycles. The normalized spacial score (nSPS) is 32.2. The fourth-order valence-electron chi connectivity index (χ4n) is 3.36. The summed E-state index contributed by atoms with van der Waals surface area (Å²) < 4.78 is 0. The van der Waals surface area contributed by atoms with E-state index in [2.05, 4.69) is 11.8 Å². The molecule has 0 amide bonds. The third kappa shape index (κ3) is 2.60. The molecular weight excluding hydrogens is 344 g/mol. The molecule has 1 aromatic carbocycles. The van der Waals surface area contributed by atoms with Crippen molar-refractivity contribution in [2.24, 2.45) is 27.0 Å². The Hall–Kier alpha value is -1.28. The van der Waals surface area contributed by atoms with Crippen molar-refractivity contribution in [1.82, 2.24) is 9.91 Å². The lowest BCUT2D eigenvalue weighted by Gasteiger charge is -2.24. The van der Waals surface area contributed by atoms with Gasteiger partial charge in [-0.15, -0.1) is 5.10 Å². The second-order valence-corrected chi connectivity index (χ2v) is 8.37. The van der Waals surface area contributed by atoms with Gasteiger partial charge >= 0.3 is 0 Å². The summed E-state index contributed by atoms with van der Waals surface area (Å²) in [4.78, 5) is 7.02. The number of thioether (sulfide) groups is 1. The van der Waals surface area contributed by atoms with Gasteiger partial charge in [-0.2, -0.15) is 0 Å². The number of halogens is 1. The van der Waals surface area contributed by atoms with Crippen molar-refractivity contribution in [1.29, 1.82) is 0 Å². The maximum Gasteiger partial charge on any atom is 0.191 e. The molecule has 0 aliphatic carbocycles. The van der Waals surface area contributed by atoms with Crippen LogP contribution in [0.4, 0.5) is 0 Å². The summed E-state index contributed by atoms with van der Waals surface area (Å²) in [6, 6.07) is 7.59. The molecule has 2 unspecified atom stereocenters. The standard InChI is InChI=1S/C16H21ClN6S/c1-15(8-18)6-7-22(9-15)14-21-23-10-16(19,20-13(23)24-14)11-4-2-3-5-12(11)17/h2-5H,6-10,18-19H2,1H3. The molecule has 2 atom stereocenters. The lowest BCUT2D eigenvalue weighted by Crippen LogP contribution is -2.39. The number of hydrazone groups is 1. The summed E-state index contributed by atoms with van der Waals surface area (Å²) in [6.45, 7) is 5.36. The summed E-state index contributed by atoms with van der Waals surface area (Å²) in [7, 11) is 0. The second-order valence-electron chi connectivity index (χ2n) is 7.03. The van der Waals surface area contributed by atoms with Gasteiger partial charge < -0.3 is 16.4 Å². The molecule has 6 nitrogen and oxygen atoms in total. The van der Waals surface area contributed by atoms with E-state index in [1.54, 1.807) is 11.8 Å². The number of nitrogens with two attached hydrogens (primary N) is 2. The quantitative estimate of drug-likeness (QED) is 0.836. The smallest absolute Gasteiger partial charge is 0.191 e. The molecule has 0 spiro atoms. The first-order valence-electron chi connectivity index (χ1n) is 8.05. The number of likely N-dealkylation sites (tertiary alicyclic amines) is 1. The SMILES string of the molecule is CC1(CN)CCN(C2=NN3CC(N)(c4ccccc4Cl)N=C3S2)C1. The Morgan fingerprint density at radius 2 is 2.08 bits per heavy atom. The third-order valence-corrected chi connectivity index (χ3v) is 6.29. The first-order valence-corrected chi connectivity index (χ1v) is 9.25. The average Bonchev–Trinajstić information content (AvgIpc) is 3.20. The number of hydrogen-bond donors (Lipinski definition) is 2. The predicted octanol–water partition coefficient (Wildman–Crippen LogP) is 1.81. The van der Waals surface area contributed by atoms with E-state index in [4.69, 9.17) is 33.2 Å². The highest BCUT2D eigenvalue weighted by atomic mass is 35.5. The fraction of sp³-hybridized carbons (Fsp3) is 0.500. The fourth-order valence-corrected chi connectivity index (χ4v) is 4.66. The molecule has 0 bridgehead atoms. The topological polar surface area (TPSA) is 83.2 Å². The molecule has 3 aliphatic heterocycles. The van der Waals surface area contributed by atoms with Gasteiger partial charge in [0.1, 0.15) is 0 Å². The highest BCUT2D eigenvalue weighted by molar-refractivity contribution is 8.26. The molecule has 3 aliphatic rings. The predicted molar refractivity (Wildman–Crippen MR) is 99.8 cm³/mol. The van der Waals surface area contributed by atoms with E-state index < -0.39 is 5.66 Å². The van der Waals surface area contributed by atoms with E-state index in [0.29, 0.717) is 18.1 Å². The lowest BCUT2D eigenvalue weighted by atomic mass is 9.90. The largest absolute Gasteiger partial charge is 0.349 e. The van der Waals surface area contributed by atoms with Crippen LogP contribution in [0, 0.1) is 5.41 Å². The van der Waals surface area contributed by atoms with Gasteiger partial charge in [-0.05, 0) is 36.2 Å². The summed E-state index contributed by atoms with van der Waals surface area (Å²) in [5, 5.41) is 9.09. The molecule has 1 aromatic rings. The summed E-state index contributed by atoms with van der Waals surface area (Å²) in [5.74, 6) is 0. The summed E-state index contributed by atoms with van der Waals surface area (Å²) in [6.07, 6.45) is 1.09. The van der Waals surface area contributed by atoms with Crippen molar-refractivity contribution in [2.45, 2.75) is 19.0 Å². The van der Waals surface area contributed by atoms with Crippen molar-refractivity contribution < 1.29 is 0 Å². The van der Waals surface area contributed by atoms with Crippen LogP contribution in [0.3, 0.4) is 0 Å². The van der Waals surface area contributed by atoms with Crippen LogP contribution in [0.1, 0.15) is 18.9 Å². The summed E-state index contributed by atoms with van der Waals surface area (Å²) in [5.41, 5.74) is 12.6. The number of aliphatic imine (C=N–C) groups is 1. The zero-order chi connectivity index (χ0) is 16.9. The first-order chi connectivity index (χ1) is 11.4. The number of hydrogen-bond acceptors (Lipinski definition) is 7. The van der Waals surface area contributed by atoms with Gasteiger partial charge in [-0.3, -0.25) is 0 Å². The number of nitrogens with zero attached hydrogens (tertiary/aromatic N) is 4. The van der Waals surface area contributed by atoms with Gasteiger partial charge in [0.2, 0.25) is 0 Å². The number of rotatable bonds is 2. The van der Waals surface area contributed by atoms with Crippen molar-refractivity contribution in [2.75, 3.05) is 26.2 Å². The minimum absolute atomic E-state index is 0.174. The molecular formula is C16H21ClN6S. The number of amidine groups is 2. The third-order valence-electron chi connectivity index (χ3n) is 4.96. The molecule has 0 aromatic heterocycles. The molecule has 4 rings (SSSR count). The van der Waals surface area contributed by atoms with Crippen LogP contribution in [0.2, 0.25) is 5.02 Å². The first kappa shape index (κ1) is 16.2. The van der Waals surface area contributed by atoms with E-state index >= 15 is 0 Å². The van der Waals surface area contributed by atoms with E-state index in [1.807, 2.05) is 29.3 Å². The molecule has 8 heteroatoms. The van der Waals surface area contributed by atoms with Crippen molar-refractivity contribution in [3.8, 4) is 0 Å². The van der Waals surface area contributed by atoms with Gasteiger partial charge in [0, 0.05) is 23.7 Å². The minimum Gasteiger partial charge on any atom is -0.349 e. The van der Waals surface area contributed by atoms with Gasteiger partial charge in [0.05, 0.1) is 6.54 Å². The molecule has 3 heterocycles. The maximum atomic E-state index is 6.51. The monoisotopic (exact) mass is 364 g/mol. The van der Waals surface area contributed by atoms with Crippen molar-refractivity contribution in [3.05, 3.63) is 34.9 Å². The van der Waals surface area contributed by atoms with E-state index in [1.165, 1.54) is 0 Å². The van der Waals surface area contributed by atoms with Gasteiger partial charge in [0.25, 0.3) is 0 Å². The maximum absolute atomic E-state index is 6.51. The Balaban J connectivity index is 1.52. The van der Waals surface area contributed by atoms with E-state index in [9.17, 15) is 0 Å². The Bertz CT molecular complexity index is 737. The van der Waals surface area contributed by atoms with Crippen LogP contribution in [0.15, 0.2) is 34.4 Å². The van der Waals surface area contributed by atoms with Crippen LogP contribution in [0.25, 0.3) is 0 Å². The lowest BCUT2D eigenvalue weighted by molar-refractivity contribution is 0.341. The Labute approximate surface area is 150 Å². The Morgan fingerprint density at radius 3 is 2.75 bits per heavy atom. The van der Waals surface area contributed by atoms with Crippen molar-refractivity contribution in [3.63, 3.8) is 0 Å².